The Morgan fingerprint density at radius 3 is 2.48 bits per heavy atom. The Bertz CT molecular complexity index is 712. The molecule has 0 aliphatic rings. The molecular formula is C12H12BrCl2N3O2S. The predicted molar refractivity (Wildman–Crippen MR) is 86.1 cm³/mol. The summed E-state index contributed by atoms with van der Waals surface area (Å²) in [5.74, 6) is 0.533. The zero-order valence-corrected chi connectivity index (χ0v) is 14.8. The summed E-state index contributed by atoms with van der Waals surface area (Å²) in [5.41, 5.74) is 0. The molecule has 0 aliphatic heterocycles. The molecule has 1 unspecified atom stereocenters. The van der Waals surface area contributed by atoms with Crippen LogP contribution in [-0.4, -0.2) is 18.4 Å². The number of H-pyrrole nitrogens is 1. The number of sulfonamides is 1. The Labute approximate surface area is 141 Å². The maximum absolute atomic E-state index is 12.5. The largest absolute Gasteiger partial charge is 0.347 e. The van der Waals surface area contributed by atoms with Crippen LogP contribution in [0.1, 0.15) is 25.2 Å². The lowest BCUT2D eigenvalue weighted by molar-refractivity contribution is 0.539. The van der Waals surface area contributed by atoms with Gasteiger partial charge in [-0.15, -0.1) is 0 Å². The minimum Gasteiger partial charge on any atom is -0.347 e. The Kier molecular flexibility index (Phi) is 5.32. The molecule has 114 valence electrons. The molecule has 21 heavy (non-hydrogen) atoms. The van der Waals surface area contributed by atoms with Crippen molar-refractivity contribution in [2.45, 2.75) is 24.3 Å². The lowest BCUT2D eigenvalue weighted by Crippen LogP contribution is -2.29. The highest BCUT2D eigenvalue weighted by Gasteiger charge is 2.26. The van der Waals surface area contributed by atoms with E-state index in [-0.39, 0.29) is 14.9 Å². The van der Waals surface area contributed by atoms with Gasteiger partial charge >= 0.3 is 0 Å². The molecule has 1 atom stereocenters. The third-order valence-corrected chi connectivity index (χ3v) is 5.64. The van der Waals surface area contributed by atoms with Crippen LogP contribution in [0.2, 0.25) is 10.0 Å². The average Bonchev–Trinajstić information content (AvgIpc) is 2.87. The topological polar surface area (TPSA) is 74.8 Å². The Morgan fingerprint density at radius 2 is 2.00 bits per heavy atom. The molecule has 2 rings (SSSR count). The maximum Gasteiger partial charge on any atom is 0.244 e. The standard InChI is InChI=1S/C12H12BrCl2N3O2S/c1-2-10(12-16-3-4-17-12)18-21(19,20)11-8(14)5-7(13)6-9(11)15/h3-6,10,18H,2H2,1H3,(H,16,17). The van der Waals surface area contributed by atoms with Crippen molar-refractivity contribution in [3.8, 4) is 0 Å². The van der Waals surface area contributed by atoms with Crippen molar-refractivity contribution in [2.24, 2.45) is 0 Å². The van der Waals surface area contributed by atoms with E-state index in [4.69, 9.17) is 23.2 Å². The number of hydrogen-bond acceptors (Lipinski definition) is 3. The Morgan fingerprint density at radius 1 is 1.38 bits per heavy atom. The van der Waals surface area contributed by atoms with Crippen LogP contribution >= 0.6 is 39.1 Å². The molecule has 1 heterocycles. The third kappa shape index (κ3) is 3.78. The normalized spacial score (nSPS) is 13.3. The summed E-state index contributed by atoms with van der Waals surface area (Å²) in [4.78, 5) is 6.82. The highest BCUT2D eigenvalue weighted by Crippen LogP contribution is 2.33. The molecule has 2 N–H and O–H groups in total. The van der Waals surface area contributed by atoms with Crippen LogP contribution in [0.5, 0.6) is 0 Å². The minimum absolute atomic E-state index is 0.0520. The van der Waals surface area contributed by atoms with Gasteiger partial charge in [0, 0.05) is 16.9 Å². The minimum atomic E-state index is -3.87. The number of nitrogens with zero attached hydrogens (tertiary/aromatic N) is 1. The summed E-state index contributed by atoms with van der Waals surface area (Å²) >= 11 is 15.2. The highest BCUT2D eigenvalue weighted by atomic mass is 79.9. The molecule has 0 spiro atoms. The van der Waals surface area contributed by atoms with Crippen LogP contribution in [0.25, 0.3) is 0 Å². The number of nitrogens with one attached hydrogen (secondary N) is 2. The van der Waals surface area contributed by atoms with Crippen LogP contribution in [-0.2, 0) is 10.0 Å². The monoisotopic (exact) mass is 411 g/mol. The SMILES string of the molecule is CCC(NS(=O)(=O)c1c(Cl)cc(Br)cc1Cl)c1ncc[nH]1. The molecule has 9 heteroatoms. The summed E-state index contributed by atoms with van der Waals surface area (Å²) in [6, 6.07) is 2.48. The van der Waals surface area contributed by atoms with Gasteiger partial charge in [0.2, 0.25) is 10.0 Å². The van der Waals surface area contributed by atoms with Gasteiger partial charge in [0.25, 0.3) is 0 Å². The fourth-order valence-electron chi connectivity index (χ4n) is 1.83. The molecule has 0 saturated heterocycles. The number of aromatic nitrogens is 2. The predicted octanol–water partition coefficient (Wildman–Crippen LogP) is 3.91. The summed E-state index contributed by atoms with van der Waals surface area (Å²) in [5, 5.41) is 0.104. The van der Waals surface area contributed by atoms with Gasteiger partial charge in [0.1, 0.15) is 10.7 Å². The molecular weight excluding hydrogens is 401 g/mol. The first-order valence-electron chi connectivity index (χ1n) is 6.01. The fourth-order valence-corrected chi connectivity index (χ4v) is 5.05. The van der Waals surface area contributed by atoms with E-state index in [1.807, 2.05) is 6.92 Å². The number of benzene rings is 1. The smallest absolute Gasteiger partial charge is 0.244 e. The van der Waals surface area contributed by atoms with E-state index < -0.39 is 16.1 Å². The molecule has 2 aromatic rings. The first kappa shape index (κ1) is 16.8. The molecule has 1 aromatic carbocycles. The summed E-state index contributed by atoms with van der Waals surface area (Å²) in [6.45, 7) is 1.85. The summed E-state index contributed by atoms with van der Waals surface area (Å²) in [7, 11) is -3.87. The van der Waals surface area contributed by atoms with Crippen molar-refractivity contribution < 1.29 is 8.42 Å². The molecule has 0 radical (unpaired) electrons. The van der Waals surface area contributed by atoms with Crippen molar-refractivity contribution in [2.75, 3.05) is 0 Å². The van der Waals surface area contributed by atoms with Crippen molar-refractivity contribution in [1.29, 1.82) is 0 Å². The number of halogens is 3. The van der Waals surface area contributed by atoms with Crippen molar-refractivity contribution >= 4 is 49.2 Å². The molecule has 1 aromatic heterocycles. The first-order valence-corrected chi connectivity index (χ1v) is 9.04. The number of rotatable bonds is 5. The quantitative estimate of drug-likeness (QED) is 0.781. The van der Waals surface area contributed by atoms with Crippen LogP contribution < -0.4 is 4.72 Å². The third-order valence-electron chi connectivity index (χ3n) is 2.79. The van der Waals surface area contributed by atoms with Gasteiger partial charge in [-0.1, -0.05) is 46.1 Å². The van der Waals surface area contributed by atoms with E-state index >= 15 is 0 Å². The number of aromatic amines is 1. The lowest BCUT2D eigenvalue weighted by atomic mass is 10.2. The zero-order valence-electron chi connectivity index (χ0n) is 10.9. The fraction of sp³-hybridized carbons (Fsp3) is 0.250. The summed E-state index contributed by atoms with van der Waals surface area (Å²) in [6.07, 6.45) is 3.72. The maximum atomic E-state index is 12.5. The second kappa shape index (κ2) is 6.66. The van der Waals surface area contributed by atoms with Gasteiger partial charge in [-0.2, -0.15) is 0 Å². The molecule has 0 amide bonds. The van der Waals surface area contributed by atoms with Gasteiger partial charge < -0.3 is 4.98 Å². The van der Waals surface area contributed by atoms with Crippen LogP contribution in [0.15, 0.2) is 33.9 Å². The van der Waals surface area contributed by atoms with E-state index in [0.717, 1.165) is 0 Å². The van der Waals surface area contributed by atoms with Crippen molar-refractivity contribution in [1.82, 2.24) is 14.7 Å². The second-order valence-corrected chi connectivity index (χ2v) is 7.64. The molecule has 5 nitrogen and oxygen atoms in total. The van der Waals surface area contributed by atoms with E-state index in [0.29, 0.717) is 16.7 Å². The molecule has 0 fully saturated rings. The van der Waals surface area contributed by atoms with Crippen LogP contribution in [0.3, 0.4) is 0 Å². The molecule has 0 aliphatic carbocycles. The Hall–Kier alpha value is -0.600. The molecule has 0 saturated carbocycles. The number of hydrogen-bond donors (Lipinski definition) is 2. The average molecular weight is 413 g/mol. The van der Waals surface area contributed by atoms with Gasteiger partial charge in [-0.25, -0.2) is 18.1 Å². The first-order chi connectivity index (χ1) is 9.85. The second-order valence-electron chi connectivity index (χ2n) is 4.26. The van der Waals surface area contributed by atoms with Crippen LogP contribution in [0, 0.1) is 0 Å². The van der Waals surface area contributed by atoms with E-state index in [1.165, 1.54) is 12.1 Å². The van der Waals surface area contributed by atoms with Gasteiger partial charge in [-0.05, 0) is 18.6 Å². The van der Waals surface area contributed by atoms with Crippen LogP contribution in [0.4, 0.5) is 0 Å². The van der Waals surface area contributed by atoms with Gasteiger partial charge in [0.15, 0.2) is 0 Å². The van der Waals surface area contributed by atoms with Crippen molar-refractivity contribution in [3.05, 3.63) is 44.9 Å². The molecule has 0 bridgehead atoms. The van der Waals surface area contributed by atoms with Gasteiger partial charge in [0.05, 0.1) is 16.1 Å². The van der Waals surface area contributed by atoms with E-state index in [2.05, 4.69) is 30.6 Å². The highest BCUT2D eigenvalue weighted by molar-refractivity contribution is 9.10. The van der Waals surface area contributed by atoms with E-state index in [9.17, 15) is 8.42 Å². The van der Waals surface area contributed by atoms with Crippen molar-refractivity contribution in [3.63, 3.8) is 0 Å². The zero-order chi connectivity index (χ0) is 15.6. The Balaban J connectivity index is 2.39. The lowest BCUT2D eigenvalue weighted by Gasteiger charge is -2.16. The summed E-state index contributed by atoms with van der Waals surface area (Å²) < 4.78 is 28.2. The van der Waals surface area contributed by atoms with E-state index in [1.54, 1.807) is 12.4 Å². The number of imidazole rings is 1. The van der Waals surface area contributed by atoms with Gasteiger partial charge in [-0.3, -0.25) is 0 Å².